The zero-order valence-corrected chi connectivity index (χ0v) is 10.3. The van der Waals surface area contributed by atoms with E-state index in [-0.39, 0.29) is 16.8 Å². The van der Waals surface area contributed by atoms with Crippen LogP contribution in [0.2, 0.25) is 0 Å². The van der Waals surface area contributed by atoms with Crippen LogP contribution in [-0.4, -0.2) is 34.9 Å². The third-order valence-corrected chi connectivity index (χ3v) is 2.63. The highest BCUT2D eigenvalue weighted by Crippen LogP contribution is 2.17. The van der Waals surface area contributed by atoms with E-state index < -0.39 is 30.5 Å². The summed E-state index contributed by atoms with van der Waals surface area (Å²) in [6, 6.07) is 2.64. The molecule has 5 N–H and O–H groups in total. The van der Waals surface area contributed by atoms with Crippen molar-refractivity contribution in [3.05, 3.63) is 29.1 Å². The highest BCUT2D eigenvalue weighted by molar-refractivity contribution is 5.96. The van der Waals surface area contributed by atoms with Crippen molar-refractivity contribution >= 4 is 11.6 Å². The molecule has 0 atom stereocenters. The number of benzene rings is 1. The lowest BCUT2D eigenvalue weighted by Gasteiger charge is -2.26. The number of aliphatic hydroxyl groups excluding tert-OH is 2. The van der Waals surface area contributed by atoms with Crippen LogP contribution in [0, 0.1) is 12.7 Å². The van der Waals surface area contributed by atoms with E-state index in [0.29, 0.717) is 0 Å². The first-order chi connectivity index (χ1) is 8.33. The Hall–Kier alpha value is -1.66. The zero-order valence-electron chi connectivity index (χ0n) is 10.3. The van der Waals surface area contributed by atoms with Gasteiger partial charge < -0.3 is 21.3 Å². The van der Waals surface area contributed by atoms with Crippen molar-refractivity contribution < 1.29 is 19.4 Å². The number of nitrogens with two attached hydrogens (primary N) is 1. The van der Waals surface area contributed by atoms with Crippen molar-refractivity contribution in [2.45, 2.75) is 19.4 Å². The predicted octanol–water partition coefficient (Wildman–Crippen LogP) is 0.189. The lowest BCUT2D eigenvalue weighted by atomic mass is 10.0. The Bertz CT molecular complexity index is 459. The molecule has 0 unspecified atom stereocenters. The number of hydrogen-bond donors (Lipinski definition) is 4. The minimum atomic E-state index is -1.21. The Morgan fingerprint density at radius 2 is 2.00 bits per heavy atom. The summed E-state index contributed by atoms with van der Waals surface area (Å²) in [5.41, 5.74) is 4.67. The van der Waals surface area contributed by atoms with Gasteiger partial charge in [-0.25, -0.2) is 4.39 Å². The summed E-state index contributed by atoms with van der Waals surface area (Å²) in [6.45, 7) is 2.03. The van der Waals surface area contributed by atoms with Gasteiger partial charge in [0, 0.05) is 5.69 Å². The van der Waals surface area contributed by atoms with Gasteiger partial charge >= 0.3 is 0 Å². The monoisotopic (exact) mass is 256 g/mol. The van der Waals surface area contributed by atoms with E-state index >= 15 is 0 Å². The Balaban J connectivity index is 3.05. The first kappa shape index (κ1) is 14.4. The molecule has 0 radical (unpaired) electrons. The maximum Gasteiger partial charge on any atom is 0.254 e. The van der Waals surface area contributed by atoms with E-state index in [1.165, 1.54) is 26.0 Å². The van der Waals surface area contributed by atoms with Gasteiger partial charge in [-0.2, -0.15) is 0 Å². The number of hydrogen-bond acceptors (Lipinski definition) is 4. The highest BCUT2D eigenvalue weighted by Gasteiger charge is 2.26. The molecule has 0 aliphatic heterocycles. The van der Waals surface area contributed by atoms with Crippen LogP contribution in [0.3, 0.4) is 0 Å². The number of anilines is 1. The van der Waals surface area contributed by atoms with Crippen molar-refractivity contribution in [2.75, 3.05) is 18.9 Å². The van der Waals surface area contributed by atoms with Gasteiger partial charge in [0.1, 0.15) is 5.82 Å². The number of amides is 1. The Morgan fingerprint density at radius 3 is 2.50 bits per heavy atom. The molecule has 1 aromatic carbocycles. The molecule has 18 heavy (non-hydrogen) atoms. The summed E-state index contributed by atoms with van der Waals surface area (Å²) in [6.07, 6.45) is 0. The number of carbonyl (C=O) groups is 1. The van der Waals surface area contributed by atoms with Crippen LogP contribution < -0.4 is 11.1 Å². The molecular weight excluding hydrogens is 239 g/mol. The third-order valence-electron chi connectivity index (χ3n) is 2.63. The molecule has 6 heteroatoms. The number of carbonyl (C=O) groups excluding carboxylic acids is 1. The van der Waals surface area contributed by atoms with Crippen LogP contribution in [0.4, 0.5) is 10.1 Å². The fraction of sp³-hybridized carbons (Fsp3) is 0.417. The third kappa shape index (κ3) is 2.96. The van der Waals surface area contributed by atoms with Crippen molar-refractivity contribution in [1.82, 2.24) is 5.32 Å². The fourth-order valence-electron chi connectivity index (χ4n) is 1.43. The quantitative estimate of drug-likeness (QED) is 0.578. The van der Waals surface area contributed by atoms with Crippen LogP contribution in [0.5, 0.6) is 0 Å². The normalized spacial score (nSPS) is 11.4. The topological polar surface area (TPSA) is 95.6 Å². The minimum absolute atomic E-state index is 0.208. The number of aryl methyl sites for hydroxylation is 1. The zero-order chi connectivity index (χ0) is 13.9. The molecule has 0 spiro atoms. The van der Waals surface area contributed by atoms with Crippen molar-refractivity contribution in [1.29, 1.82) is 0 Å². The van der Waals surface area contributed by atoms with E-state index in [4.69, 9.17) is 15.9 Å². The average Bonchev–Trinajstić information content (AvgIpc) is 2.33. The molecule has 0 heterocycles. The molecule has 0 aliphatic rings. The number of nitrogens with one attached hydrogen (secondary N) is 1. The van der Waals surface area contributed by atoms with Crippen molar-refractivity contribution in [3.8, 4) is 0 Å². The van der Waals surface area contributed by atoms with E-state index in [2.05, 4.69) is 5.32 Å². The molecule has 0 fully saturated rings. The van der Waals surface area contributed by atoms with E-state index in [0.717, 1.165) is 0 Å². The summed E-state index contributed by atoms with van der Waals surface area (Å²) in [7, 11) is 0. The van der Waals surface area contributed by atoms with Crippen molar-refractivity contribution in [3.63, 3.8) is 0 Å². The highest BCUT2D eigenvalue weighted by atomic mass is 19.1. The molecule has 0 aromatic heterocycles. The van der Waals surface area contributed by atoms with Gasteiger partial charge in [0.15, 0.2) is 0 Å². The van der Waals surface area contributed by atoms with E-state index in [9.17, 15) is 9.18 Å². The molecule has 0 saturated heterocycles. The second-order valence-electron chi connectivity index (χ2n) is 4.53. The van der Waals surface area contributed by atoms with Crippen molar-refractivity contribution in [2.24, 2.45) is 0 Å². The summed E-state index contributed by atoms with van der Waals surface area (Å²) >= 11 is 0. The first-order valence-corrected chi connectivity index (χ1v) is 5.43. The van der Waals surface area contributed by atoms with Crippen LogP contribution in [0.25, 0.3) is 0 Å². The molecule has 100 valence electrons. The second-order valence-corrected chi connectivity index (χ2v) is 4.53. The van der Waals surface area contributed by atoms with Gasteiger partial charge in [-0.05, 0) is 31.5 Å². The maximum absolute atomic E-state index is 13.8. The smallest absolute Gasteiger partial charge is 0.254 e. The Morgan fingerprint density at radius 1 is 1.44 bits per heavy atom. The molecule has 0 saturated carbocycles. The number of aliphatic hydroxyl groups is 2. The number of halogens is 1. The second kappa shape index (κ2) is 5.32. The van der Waals surface area contributed by atoms with Gasteiger partial charge in [0.25, 0.3) is 5.91 Å². The molecule has 0 bridgehead atoms. The van der Waals surface area contributed by atoms with Gasteiger partial charge in [0.05, 0.1) is 24.3 Å². The molecule has 1 rings (SSSR count). The fourth-order valence-corrected chi connectivity index (χ4v) is 1.43. The summed E-state index contributed by atoms with van der Waals surface area (Å²) < 4.78 is 13.8. The standard InChI is InChI=1S/C12H17FN2O3/c1-7-3-8(14)4-9(10(7)13)11(18)15-12(2,5-16)6-17/h3-4,16-17H,5-6,14H2,1-2H3,(H,15,18). The lowest BCUT2D eigenvalue weighted by Crippen LogP contribution is -2.51. The number of nitrogen functional groups attached to an aromatic ring is 1. The number of rotatable bonds is 4. The van der Waals surface area contributed by atoms with Crippen LogP contribution >= 0.6 is 0 Å². The SMILES string of the molecule is Cc1cc(N)cc(C(=O)NC(C)(CO)CO)c1F. The predicted molar refractivity (Wildman–Crippen MR) is 65.6 cm³/mol. The first-order valence-electron chi connectivity index (χ1n) is 5.43. The lowest BCUT2D eigenvalue weighted by molar-refractivity contribution is 0.0720. The van der Waals surface area contributed by atoms with Crippen LogP contribution in [0.1, 0.15) is 22.8 Å². The van der Waals surface area contributed by atoms with Gasteiger partial charge in [-0.15, -0.1) is 0 Å². The molecule has 1 amide bonds. The Kier molecular flexibility index (Phi) is 4.26. The van der Waals surface area contributed by atoms with Crippen LogP contribution in [0.15, 0.2) is 12.1 Å². The minimum Gasteiger partial charge on any atom is -0.399 e. The average molecular weight is 256 g/mol. The largest absolute Gasteiger partial charge is 0.399 e. The summed E-state index contributed by atoms with van der Waals surface area (Å²) in [5.74, 6) is -1.39. The molecule has 1 aromatic rings. The van der Waals surface area contributed by atoms with E-state index in [1.807, 2.05) is 0 Å². The van der Waals surface area contributed by atoms with Gasteiger partial charge in [-0.1, -0.05) is 0 Å². The summed E-state index contributed by atoms with van der Waals surface area (Å²) in [5, 5.41) is 20.5. The van der Waals surface area contributed by atoms with Crippen LogP contribution in [-0.2, 0) is 0 Å². The van der Waals surface area contributed by atoms with E-state index in [1.54, 1.807) is 0 Å². The maximum atomic E-state index is 13.8. The Labute approximate surface area is 104 Å². The molecular formula is C12H17FN2O3. The molecule has 5 nitrogen and oxygen atoms in total. The van der Waals surface area contributed by atoms with Gasteiger partial charge in [0.2, 0.25) is 0 Å². The summed E-state index contributed by atoms with van der Waals surface area (Å²) in [4.78, 5) is 11.9. The molecule has 0 aliphatic carbocycles. The van der Waals surface area contributed by atoms with Gasteiger partial charge in [-0.3, -0.25) is 4.79 Å².